The monoisotopic (exact) mass is 1050 g/mol. The van der Waals surface area contributed by atoms with Crippen molar-refractivity contribution in [1.82, 2.24) is 25.6 Å². The van der Waals surface area contributed by atoms with Crippen LogP contribution in [0.2, 0.25) is 0 Å². The normalized spacial score (nSPS) is 12.2. The molecule has 0 unspecified atom stereocenters. The molecule has 0 aliphatic carbocycles. The molecule has 11 nitrogen and oxygen atoms in total. The molecule has 12 heteroatoms. The van der Waals surface area contributed by atoms with E-state index in [4.69, 9.17) is 9.47 Å². The minimum atomic E-state index is -0.796. The van der Waals surface area contributed by atoms with E-state index in [1.165, 1.54) is 204 Å². The van der Waals surface area contributed by atoms with E-state index >= 15 is 0 Å². The van der Waals surface area contributed by atoms with Crippen molar-refractivity contribution in [3.63, 3.8) is 0 Å². The first-order valence-electron chi connectivity index (χ1n) is 31.2. The minimum absolute atomic E-state index is 0.0232. The average molecular weight is 1050 g/mol. The second-order valence-corrected chi connectivity index (χ2v) is 22.5. The fourth-order valence-corrected chi connectivity index (χ4v) is 10.4. The molecule has 73 heavy (non-hydrogen) atoms. The molecule has 0 saturated heterocycles. The first-order chi connectivity index (χ1) is 35.8. The Kier molecular flexibility index (Phi) is 49.5. The van der Waals surface area contributed by atoms with Gasteiger partial charge in [0.15, 0.2) is 0 Å². The number of carbonyl (C=O) groups is 4. The first kappa shape index (κ1) is 68.4. The average Bonchev–Trinajstić information content (AvgIpc) is 3.85. The van der Waals surface area contributed by atoms with E-state index in [1.54, 1.807) is 4.68 Å². The molecule has 2 amide bonds. The Hall–Kier alpha value is -2.63. The number of ether oxygens (including phenoxy) is 2. The van der Waals surface area contributed by atoms with Gasteiger partial charge in [-0.15, -0.1) is 5.10 Å². The molecule has 0 spiro atoms. The minimum Gasteiger partial charge on any atom is -0.462 e. The number of unbranched alkanes of at least 4 members (excludes halogenated alkanes) is 37. The molecule has 1 rings (SSSR count). The number of thioether (sulfide) groups is 1. The van der Waals surface area contributed by atoms with E-state index in [2.05, 4.69) is 48.6 Å². The zero-order chi connectivity index (χ0) is 52.9. The van der Waals surface area contributed by atoms with Crippen LogP contribution in [-0.2, 0) is 41.7 Å². The number of hydrogen-bond donors (Lipinski definition) is 2. The van der Waals surface area contributed by atoms with Crippen molar-refractivity contribution in [3.8, 4) is 0 Å². The van der Waals surface area contributed by atoms with E-state index < -0.39 is 12.1 Å². The number of amides is 2. The SMILES string of the molecule is CCCCCCCCCCCCCCCC(=O)N[C@@H](CSC[C@H](COC(=O)CCCCCCCCCCCCCCC)OC(=O)CCCCCCCCCCCCCCC)C(=O)NCc1cn(CCCC)nn1. The molecule has 426 valence electrons. The highest BCUT2D eigenvalue weighted by Gasteiger charge is 2.24. The Morgan fingerprint density at radius 3 is 1.30 bits per heavy atom. The number of nitrogens with zero attached hydrogens (tertiary/aromatic N) is 3. The van der Waals surface area contributed by atoms with Crippen LogP contribution in [0, 0.1) is 0 Å². The standard InChI is InChI=1S/C61H115N5O6S/c1-5-9-13-16-19-22-25-28-31-34-37-40-43-46-58(67)63-57(61(70)62-50-55-51-66(65-64-55)49-12-8-4)54-73-53-56(72-60(69)48-45-42-39-36-33-30-27-24-21-18-15-11-7-3)52-71-59(68)47-44-41-38-35-32-29-26-23-20-17-14-10-6-2/h51,56-57H,5-50,52-54H2,1-4H3,(H,62,70)(H,63,67)/t56-,57-/m0/s1. The lowest BCUT2D eigenvalue weighted by molar-refractivity contribution is -0.157. The summed E-state index contributed by atoms with van der Waals surface area (Å²) in [6.07, 6.45) is 52.5. The molecule has 0 aromatic carbocycles. The van der Waals surface area contributed by atoms with E-state index in [9.17, 15) is 19.2 Å². The summed E-state index contributed by atoms with van der Waals surface area (Å²) < 4.78 is 13.5. The molecule has 0 fully saturated rings. The van der Waals surface area contributed by atoms with Crippen LogP contribution < -0.4 is 10.6 Å². The Labute approximate surface area is 453 Å². The van der Waals surface area contributed by atoms with Gasteiger partial charge in [-0.05, 0) is 25.7 Å². The maximum Gasteiger partial charge on any atom is 0.306 e. The number of aromatic nitrogens is 3. The van der Waals surface area contributed by atoms with Gasteiger partial charge >= 0.3 is 11.9 Å². The summed E-state index contributed by atoms with van der Waals surface area (Å²) in [7, 11) is 0. The molecule has 1 aromatic rings. The topological polar surface area (TPSA) is 142 Å². The largest absolute Gasteiger partial charge is 0.462 e. The fourth-order valence-electron chi connectivity index (χ4n) is 9.41. The Bertz CT molecular complexity index is 1410. The number of rotatable bonds is 56. The zero-order valence-electron chi connectivity index (χ0n) is 48.1. The Balaban J connectivity index is 2.72. The third-order valence-electron chi connectivity index (χ3n) is 14.2. The predicted octanol–water partition coefficient (Wildman–Crippen LogP) is 16.8. The van der Waals surface area contributed by atoms with Gasteiger partial charge in [0.05, 0.1) is 12.7 Å². The summed E-state index contributed by atoms with van der Waals surface area (Å²) in [6.45, 7) is 9.87. The summed E-state index contributed by atoms with van der Waals surface area (Å²) in [5.41, 5.74) is 0.658. The van der Waals surface area contributed by atoms with Crippen molar-refractivity contribution in [2.45, 2.75) is 335 Å². The molecule has 0 aliphatic rings. The summed E-state index contributed by atoms with van der Waals surface area (Å²) in [5.74, 6) is -0.380. The summed E-state index contributed by atoms with van der Waals surface area (Å²) >= 11 is 1.43. The third kappa shape index (κ3) is 45.3. The first-order valence-corrected chi connectivity index (χ1v) is 32.4. The van der Waals surface area contributed by atoms with Gasteiger partial charge in [0.2, 0.25) is 11.8 Å². The molecule has 1 heterocycles. The maximum absolute atomic E-state index is 13.7. The van der Waals surface area contributed by atoms with Gasteiger partial charge < -0.3 is 20.1 Å². The highest BCUT2D eigenvalue weighted by Crippen LogP contribution is 2.18. The van der Waals surface area contributed by atoms with E-state index in [0.717, 1.165) is 77.2 Å². The molecule has 2 N–H and O–H groups in total. The van der Waals surface area contributed by atoms with E-state index in [-0.39, 0.29) is 42.7 Å². The van der Waals surface area contributed by atoms with Crippen LogP contribution in [0.4, 0.5) is 0 Å². The van der Waals surface area contributed by atoms with Gasteiger partial charge in [-0.25, -0.2) is 0 Å². The predicted molar refractivity (Wildman–Crippen MR) is 308 cm³/mol. The van der Waals surface area contributed by atoms with Crippen LogP contribution in [0.5, 0.6) is 0 Å². The fraction of sp³-hybridized carbons (Fsp3) is 0.902. The number of esters is 2. The van der Waals surface area contributed by atoms with Gasteiger partial charge in [0.1, 0.15) is 24.4 Å². The molecular formula is C61H115N5O6S. The molecule has 0 aliphatic heterocycles. The van der Waals surface area contributed by atoms with Crippen molar-refractivity contribution in [3.05, 3.63) is 11.9 Å². The highest BCUT2D eigenvalue weighted by atomic mass is 32.2. The van der Waals surface area contributed by atoms with Crippen LogP contribution >= 0.6 is 11.8 Å². The van der Waals surface area contributed by atoms with Gasteiger partial charge in [0.25, 0.3) is 0 Å². The molecule has 0 bridgehead atoms. The second kappa shape index (κ2) is 52.8. The second-order valence-electron chi connectivity index (χ2n) is 21.5. The number of hydrogen-bond acceptors (Lipinski definition) is 9. The Morgan fingerprint density at radius 2 is 0.877 bits per heavy atom. The van der Waals surface area contributed by atoms with Gasteiger partial charge in [-0.1, -0.05) is 270 Å². The summed E-state index contributed by atoms with van der Waals surface area (Å²) in [4.78, 5) is 53.1. The van der Waals surface area contributed by atoms with Gasteiger partial charge in [-0.3, -0.25) is 23.9 Å². The van der Waals surface area contributed by atoms with Crippen molar-refractivity contribution >= 4 is 35.5 Å². The van der Waals surface area contributed by atoms with E-state index in [0.29, 0.717) is 30.7 Å². The van der Waals surface area contributed by atoms with Crippen LogP contribution in [0.15, 0.2) is 6.20 Å². The number of carbonyl (C=O) groups excluding carboxylic acids is 4. The molecule has 1 aromatic heterocycles. The van der Waals surface area contributed by atoms with Gasteiger partial charge in [-0.2, -0.15) is 11.8 Å². The molecule has 0 radical (unpaired) electrons. The quantitative estimate of drug-likeness (QED) is 0.0482. The molecular weight excluding hydrogens is 931 g/mol. The lowest BCUT2D eigenvalue weighted by Gasteiger charge is -2.21. The summed E-state index contributed by atoms with van der Waals surface area (Å²) in [6, 6.07) is -0.796. The van der Waals surface area contributed by atoms with Crippen molar-refractivity contribution in [2.75, 3.05) is 18.1 Å². The van der Waals surface area contributed by atoms with Crippen LogP contribution in [0.25, 0.3) is 0 Å². The Morgan fingerprint density at radius 1 is 0.493 bits per heavy atom. The number of aryl methyl sites for hydroxylation is 1. The smallest absolute Gasteiger partial charge is 0.306 e. The van der Waals surface area contributed by atoms with Crippen LogP contribution in [-0.4, -0.2) is 69.0 Å². The summed E-state index contributed by atoms with van der Waals surface area (Å²) in [5, 5.41) is 14.4. The van der Waals surface area contributed by atoms with Gasteiger partial charge in [0, 0.05) is 37.3 Å². The number of nitrogens with one attached hydrogen (secondary N) is 2. The van der Waals surface area contributed by atoms with Crippen molar-refractivity contribution in [2.24, 2.45) is 0 Å². The highest BCUT2D eigenvalue weighted by molar-refractivity contribution is 7.99. The van der Waals surface area contributed by atoms with E-state index in [1.807, 2.05) is 6.20 Å². The van der Waals surface area contributed by atoms with Crippen molar-refractivity contribution < 1.29 is 28.7 Å². The lowest BCUT2D eigenvalue weighted by atomic mass is 10.0. The molecule has 2 atom stereocenters. The third-order valence-corrected chi connectivity index (χ3v) is 15.4. The van der Waals surface area contributed by atoms with Crippen LogP contribution in [0.1, 0.15) is 316 Å². The van der Waals surface area contributed by atoms with Crippen LogP contribution in [0.3, 0.4) is 0 Å². The van der Waals surface area contributed by atoms with Crippen molar-refractivity contribution in [1.29, 1.82) is 0 Å². The molecule has 0 saturated carbocycles. The maximum atomic E-state index is 13.7. The lowest BCUT2D eigenvalue weighted by Crippen LogP contribution is -2.48. The zero-order valence-corrected chi connectivity index (χ0v) is 48.9.